The SMILES string of the molecule is Cc1ccc(-c2cc(C(F)(F)F)nn2-c2ccc(S(=O)(=O)NC(=O)OCCN(C(C)C)/[N+]([O-])=N/OCOC(=O)c3ccccc3)cc2)cc1. The Kier molecular flexibility index (Phi) is 11.4. The van der Waals surface area contributed by atoms with Gasteiger partial charge in [0.2, 0.25) is 5.28 Å². The Labute approximate surface area is 278 Å². The van der Waals surface area contributed by atoms with Crippen molar-refractivity contribution in [3.05, 3.63) is 107 Å². The zero-order valence-corrected chi connectivity index (χ0v) is 27.1. The van der Waals surface area contributed by atoms with E-state index in [9.17, 15) is 36.4 Å². The molecule has 1 N–H and O–H groups in total. The number of hydrogen-bond acceptors (Lipinski definition) is 10. The molecule has 0 saturated heterocycles. The summed E-state index contributed by atoms with van der Waals surface area (Å²) in [7, 11) is -4.47. The van der Waals surface area contributed by atoms with Crippen molar-refractivity contribution >= 4 is 22.1 Å². The van der Waals surface area contributed by atoms with Crippen LogP contribution in [-0.2, 0) is 30.5 Å². The monoisotopic (exact) mass is 704 g/mol. The Morgan fingerprint density at radius 1 is 1.02 bits per heavy atom. The topological polar surface area (TPSA) is 167 Å². The Balaban J connectivity index is 1.34. The van der Waals surface area contributed by atoms with Crippen LogP contribution in [0.1, 0.15) is 35.5 Å². The molecule has 0 aliphatic carbocycles. The molecule has 4 rings (SSSR count). The molecular weight excluding hydrogens is 673 g/mol. The number of amides is 1. The average Bonchev–Trinajstić information content (AvgIpc) is 3.52. The molecule has 3 aromatic carbocycles. The van der Waals surface area contributed by atoms with Gasteiger partial charge in [-0.05, 0) is 63.2 Å². The second-order valence-corrected chi connectivity index (χ2v) is 12.2. The van der Waals surface area contributed by atoms with Crippen LogP contribution in [0.4, 0.5) is 18.0 Å². The van der Waals surface area contributed by atoms with Gasteiger partial charge in [0.15, 0.2) is 5.69 Å². The predicted octanol–water partition coefficient (Wildman–Crippen LogP) is 5.62. The number of sulfonamides is 1. The van der Waals surface area contributed by atoms with E-state index in [2.05, 4.69) is 10.4 Å². The Hall–Kier alpha value is -5.65. The lowest BCUT2D eigenvalue weighted by Crippen LogP contribution is -2.40. The van der Waals surface area contributed by atoms with Crippen LogP contribution in [0.2, 0.25) is 0 Å². The van der Waals surface area contributed by atoms with E-state index < -0.39 is 53.4 Å². The number of ether oxygens (including phenoxy) is 2. The van der Waals surface area contributed by atoms with Gasteiger partial charge in [0.1, 0.15) is 13.2 Å². The number of hydrazine groups is 1. The Morgan fingerprint density at radius 3 is 2.29 bits per heavy atom. The van der Waals surface area contributed by atoms with Crippen molar-refractivity contribution in [2.45, 2.75) is 37.9 Å². The summed E-state index contributed by atoms with van der Waals surface area (Å²) in [6.45, 7) is 3.75. The largest absolute Gasteiger partial charge is 0.569 e. The maximum atomic E-state index is 13.5. The molecule has 1 amide bonds. The van der Waals surface area contributed by atoms with Crippen molar-refractivity contribution in [3.8, 4) is 16.9 Å². The predicted molar refractivity (Wildman–Crippen MR) is 166 cm³/mol. The van der Waals surface area contributed by atoms with Crippen LogP contribution in [0, 0.1) is 12.1 Å². The molecule has 0 spiro atoms. The van der Waals surface area contributed by atoms with Crippen molar-refractivity contribution in [1.29, 1.82) is 0 Å². The molecular formula is C31H31F3N6O8S. The minimum absolute atomic E-state index is 0.0576. The van der Waals surface area contributed by atoms with Gasteiger partial charge in [-0.25, -0.2) is 27.4 Å². The number of halogens is 3. The standard InChI is InChI=1S/C31H31F3N6O8S/c1-21(2)38(40(43)37-48-20-47-29(41)24-7-5-4-6-8-24)17-18-46-30(42)36-49(44,45)26-15-13-25(14-16-26)39-27(19-28(35-39)31(32,33)34)23-11-9-22(3)10-12-23/h4-16,19,21H,17-18,20H2,1-3H3,(H,36,42)/b40-37-. The summed E-state index contributed by atoms with van der Waals surface area (Å²) in [5.74, 6) is -0.691. The number of hydrogen-bond donors (Lipinski definition) is 1. The molecule has 49 heavy (non-hydrogen) atoms. The molecule has 1 aromatic heterocycles. The number of aryl methyl sites for hydroxylation is 1. The van der Waals surface area contributed by atoms with Crippen molar-refractivity contribution in [3.63, 3.8) is 0 Å². The van der Waals surface area contributed by atoms with E-state index in [-0.39, 0.29) is 33.4 Å². The van der Waals surface area contributed by atoms with E-state index in [1.165, 1.54) is 24.3 Å². The van der Waals surface area contributed by atoms with Gasteiger partial charge in [0, 0.05) is 5.56 Å². The average molecular weight is 705 g/mol. The molecule has 0 fully saturated rings. The molecule has 0 saturated carbocycles. The molecule has 260 valence electrons. The smallest absolute Gasteiger partial charge is 0.435 e. The van der Waals surface area contributed by atoms with Crippen molar-refractivity contribution in [2.24, 2.45) is 5.28 Å². The number of alkyl halides is 3. The summed E-state index contributed by atoms with van der Waals surface area (Å²) in [5.41, 5.74) is 0.752. The molecule has 4 aromatic rings. The quantitative estimate of drug-likeness (QED) is 0.0461. The fraction of sp³-hybridized carbons (Fsp3) is 0.258. The number of carbonyl (C=O) groups is 2. The van der Waals surface area contributed by atoms with Crippen LogP contribution < -0.4 is 4.72 Å². The van der Waals surface area contributed by atoms with Gasteiger partial charge in [0.25, 0.3) is 16.8 Å². The van der Waals surface area contributed by atoms with Crippen LogP contribution in [0.3, 0.4) is 0 Å². The van der Waals surface area contributed by atoms with Crippen LogP contribution in [0.25, 0.3) is 16.9 Å². The van der Waals surface area contributed by atoms with Gasteiger partial charge in [-0.15, -0.1) is 5.01 Å². The number of aromatic nitrogens is 2. The first-order valence-electron chi connectivity index (χ1n) is 14.5. The maximum absolute atomic E-state index is 13.5. The first kappa shape index (κ1) is 36.2. The fourth-order valence-corrected chi connectivity index (χ4v) is 5.13. The highest BCUT2D eigenvalue weighted by molar-refractivity contribution is 7.90. The molecule has 0 atom stereocenters. The molecule has 0 aliphatic heterocycles. The first-order valence-corrected chi connectivity index (χ1v) is 16.0. The summed E-state index contributed by atoms with van der Waals surface area (Å²) < 4.78 is 78.8. The number of nitrogens with one attached hydrogen (secondary N) is 1. The Bertz CT molecular complexity index is 1880. The highest BCUT2D eigenvalue weighted by Gasteiger charge is 2.35. The molecule has 18 heteroatoms. The maximum Gasteiger partial charge on any atom is 0.435 e. The second kappa shape index (κ2) is 15.5. The van der Waals surface area contributed by atoms with Gasteiger partial charge < -0.3 is 19.5 Å². The summed E-state index contributed by atoms with van der Waals surface area (Å²) in [6.07, 6.45) is -6.08. The Morgan fingerprint density at radius 2 is 1.67 bits per heavy atom. The van der Waals surface area contributed by atoms with E-state index in [4.69, 9.17) is 14.3 Å². The van der Waals surface area contributed by atoms with Crippen LogP contribution in [0.15, 0.2) is 95.1 Å². The van der Waals surface area contributed by atoms with Gasteiger partial charge >= 0.3 is 18.2 Å². The number of nitrogens with zero attached hydrogens (tertiary/aromatic N) is 5. The van der Waals surface area contributed by atoms with E-state index in [1.807, 2.05) is 6.92 Å². The third kappa shape index (κ3) is 9.69. The molecule has 0 bridgehead atoms. The lowest BCUT2D eigenvalue weighted by Gasteiger charge is -2.21. The summed E-state index contributed by atoms with van der Waals surface area (Å²) in [6, 6.07) is 19.9. The van der Waals surface area contributed by atoms with Crippen LogP contribution in [-0.4, -0.2) is 66.2 Å². The van der Waals surface area contributed by atoms with Gasteiger partial charge in [-0.2, -0.15) is 18.3 Å². The van der Waals surface area contributed by atoms with E-state index in [0.717, 1.165) is 33.5 Å². The normalized spacial score (nSPS) is 12.0. The third-order valence-electron chi connectivity index (χ3n) is 6.71. The highest BCUT2D eigenvalue weighted by atomic mass is 32.2. The lowest BCUT2D eigenvalue weighted by atomic mass is 10.1. The van der Waals surface area contributed by atoms with Crippen molar-refractivity contribution in [2.75, 3.05) is 19.9 Å². The number of carbonyl (C=O) groups excluding carboxylic acids is 2. The minimum atomic E-state index is -4.72. The zero-order valence-electron chi connectivity index (χ0n) is 26.3. The zero-order chi connectivity index (χ0) is 35.8. The van der Waals surface area contributed by atoms with Crippen LogP contribution in [0.5, 0.6) is 0 Å². The van der Waals surface area contributed by atoms with Gasteiger partial charge in [-0.1, -0.05) is 48.0 Å². The molecule has 1 heterocycles. The summed E-state index contributed by atoms with van der Waals surface area (Å²) >= 11 is 0. The number of rotatable bonds is 13. The molecule has 14 nitrogen and oxygen atoms in total. The summed E-state index contributed by atoms with van der Waals surface area (Å²) in [5, 5.41) is 20.4. The summed E-state index contributed by atoms with van der Waals surface area (Å²) in [4.78, 5) is 28.7. The van der Waals surface area contributed by atoms with Crippen LogP contribution >= 0.6 is 0 Å². The van der Waals surface area contributed by atoms with Gasteiger partial charge in [0.05, 0.1) is 32.9 Å². The van der Waals surface area contributed by atoms with E-state index >= 15 is 0 Å². The minimum Gasteiger partial charge on any atom is -0.569 e. The number of esters is 1. The highest BCUT2D eigenvalue weighted by Crippen LogP contribution is 2.33. The lowest BCUT2D eigenvalue weighted by molar-refractivity contribution is -0.718. The second-order valence-electron chi connectivity index (χ2n) is 10.6. The first-order chi connectivity index (χ1) is 23.2. The fourth-order valence-electron chi connectivity index (χ4n) is 4.24. The molecule has 0 aliphatic rings. The van der Waals surface area contributed by atoms with E-state index in [0.29, 0.717) is 5.56 Å². The van der Waals surface area contributed by atoms with Gasteiger partial charge in [-0.3, -0.25) is 0 Å². The van der Waals surface area contributed by atoms with Crippen molar-refractivity contribution < 1.29 is 50.5 Å². The van der Waals surface area contributed by atoms with E-state index in [1.54, 1.807) is 61.0 Å². The number of benzene rings is 3. The molecule has 0 radical (unpaired) electrons. The van der Waals surface area contributed by atoms with Crippen molar-refractivity contribution in [1.82, 2.24) is 19.5 Å². The molecule has 0 unspecified atom stereocenters. The third-order valence-corrected chi connectivity index (χ3v) is 8.03.